The summed E-state index contributed by atoms with van der Waals surface area (Å²) in [6.07, 6.45) is 5.24. The maximum Gasteiger partial charge on any atom is 0.319 e. The first-order valence-corrected chi connectivity index (χ1v) is 11.1. The number of hydrogen-bond acceptors (Lipinski definition) is 5. The number of hydrogen-bond donors (Lipinski definition) is 4. The molecule has 9 nitrogen and oxygen atoms in total. The Kier molecular flexibility index (Phi) is 6.83. The van der Waals surface area contributed by atoms with E-state index in [0.29, 0.717) is 35.4 Å². The monoisotopic (exact) mass is 489 g/mol. The summed E-state index contributed by atoms with van der Waals surface area (Å²) >= 11 is 12.7. The number of carbonyl (C=O) groups is 3. The molecule has 0 bridgehead atoms. The van der Waals surface area contributed by atoms with Crippen LogP contribution in [0, 0.1) is 5.92 Å². The van der Waals surface area contributed by atoms with Gasteiger partial charge in [0.05, 0.1) is 21.1 Å². The van der Waals surface area contributed by atoms with Gasteiger partial charge in [0, 0.05) is 42.5 Å². The van der Waals surface area contributed by atoms with E-state index in [1.54, 1.807) is 18.3 Å². The van der Waals surface area contributed by atoms with Crippen molar-refractivity contribution in [3.05, 3.63) is 52.3 Å². The van der Waals surface area contributed by atoms with Crippen LogP contribution in [0.5, 0.6) is 0 Å². The van der Waals surface area contributed by atoms with Crippen molar-refractivity contribution < 1.29 is 19.5 Å². The summed E-state index contributed by atoms with van der Waals surface area (Å²) in [5.74, 6) is -0.138. The molecule has 172 valence electrons. The number of fused-ring (bicyclic) bond motifs is 1. The zero-order valence-corrected chi connectivity index (χ0v) is 18.9. The average Bonchev–Trinajstić information content (AvgIpc) is 3.52. The number of pyridine rings is 1. The van der Waals surface area contributed by atoms with Gasteiger partial charge in [0.2, 0.25) is 5.91 Å². The SMILES string of the molecule is O=C(NCCCO)Nc1cc(Cl)c(C(=O)n2ccc3c(NC(=O)C4CC4)nccc32)c(Cl)c1. The lowest BCUT2D eigenvalue weighted by Gasteiger charge is -2.12. The van der Waals surface area contributed by atoms with Crippen LogP contribution in [0.15, 0.2) is 36.7 Å². The number of halogens is 2. The topological polar surface area (TPSA) is 125 Å². The maximum absolute atomic E-state index is 13.3. The number of urea groups is 1. The molecule has 0 spiro atoms. The Balaban J connectivity index is 1.57. The molecule has 1 aromatic carbocycles. The van der Waals surface area contributed by atoms with Gasteiger partial charge in [-0.15, -0.1) is 0 Å². The minimum absolute atomic E-state index is 0.0206. The van der Waals surface area contributed by atoms with E-state index < -0.39 is 11.9 Å². The summed E-state index contributed by atoms with van der Waals surface area (Å²) in [6, 6.07) is 5.73. The van der Waals surface area contributed by atoms with Gasteiger partial charge in [0.25, 0.3) is 5.91 Å². The minimum Gasteiger partial charge on any atom is -0.396 e. The molecule has 0 aliphatic heterocycles. The number of benzene rings is 1. The highest BCUT2D eigenvalue weighted by Gasteiger charge is 2.30. The number of aliphatic hydroxyl groups is 1. The standard InChI is InChI=1S/C22H21Cl2N5O4/c23-15-10-13(27-22(33)26-6-1-9-30)11-16(24)18(15)21(32)29-8-5-14-17(29)4-7-25-19(14)28-20(31)12-2-3-12/h4-5,7-8,10-12,30H,1-3,6,9H2,(H,25,28,31)(H2,26,27,33). The third-order valence-corrected chi connectivity index (χ3v) is 5.76. The molecule has 1 aliphatic rings. The first-order chi connectivity index (χ1) is 15.9. The molecule has 2 heterocycles. The molecule has 0 atom stereocenters. The van der Waals surface area contributed by atoms with Crippen molar-refractivity contribution in [2.75, 3.05) is 23.8 Å². The Morgan fingerprint density at radius 2 is 1.85 bits per heavy atom. The van der Waals surface area contributed by atoms with Crippen molar-refractivity contribution in [1.29, 1.82) is 0 Å². The number of nitrogens with zero attached hydrogens (tertiary/aromatic N) is 2. The predicted octanol–water partition coefficient (Wildman–Crippen LogP) is 3.88. The van der Waals surface area contributed by atoms with E-state index in [1.165, 1.54) is 22.9 Å². The van der Waals surface area contributed by atoms with Gasteiger partial charge < -0.3 is 21.1 Å². The number of anilines is 2. The summed E-state index contributed by atoms with van der Waals surface area (Å²) in [4.78, 5) is 41.6. The number of carbonyl (C=O) groups excluding carboxylic acids is 3. The molecule has 4 N–H and O–H groups in total. The van der Waals surface area contributed by atoms with Gasteiger partial charge in [0.1, 0.15) is 5.82 Å². The van der Waals surface area contributed by atoms with Crippen LogP contribution in [0.25, 0.3) is 10.9 Å². The Morgan fingerprint density at radius 1 is 1.12 bits per heavy atom. The van der Waals surface area contributed by atoms with Crippen LogP contribution in [-0.2, 0) is 4.79 Å². The molecule has 0 radical (unpaired) electrons. The number of aliphatic hydroxyl groups excluding tert-OH is 1. The van der Waals surface area contributed by atoms with Crippen LogP contribution in [0.3, 0.4) is 0 Å². The normalized spacial score (nSPS) is 13.1. The van der Waals surface area contributed by atoms with Crippen LogP contribution < -0.4 is 16.0 Å². The highest BCUT2D eigenvalue weighted by Crippen LogP contribution is 2.33. The van der Waals surface area contributed by atoms with Crippen molar-refractivity contribution >= 4 is 63.5 Å². The molecule has 4 rings (SSSR count). The lowest BCUT2D eigenvalue weighted by atomic mass is 10.1. The van der Waals surface area contributed by atoms with Crippen LogP contribution >= 0.6 is 23.2 Å². The molecule has 1 aliphatic carbocycles. The zero-order valence-electron chi connectivity index (χ0n) is 17.4. The van der Waals surface area contributed by atoms with E-state index in [0.717, 1.165) is 12.8 Å². The zero-order chi connectivity index (χ0) is 23.5. The number of amides is 3. The van der Waals surface area contributed by atoms with Crippen LogP contribution in [0.2, 0.25) is 10.0 Å². The first-order valence-electron chi connectivity index (χ1n) is 10.4. The summed E-state index contributed by atoms with van der Waals surface area (Å²) in [6.45, 7) is 0.270. The minimum atomic E-state index is -0.487. The summed E-state index contributed by atoms with van der Waals surface area (Å²) in [7, 11) is 0. The van der Waals surface area contributed by atoms with Crippen molar-refractivity contribution in [3.63, 3.8) is 0 Å². The molecular weight excluding hydrogens is 469 g/mol. The number of aromatic nitrogens is 2. The molecule has 3 aromatic rings. The lowest BCUT2D eigenvalue weighted by molar-refractivity contribution is -0.117. The van der Waals surface area contributed by atoms with Gasteiger partial charge in [0.15, 0.2) is 0 Å². The largest absolute Gasteiger partial charge is 0.396 e. The van der Waals surface area contributed by atoms with Gasteiger partial charge in [-0.05, 0) is 43.5 Å². The predicted molar refractivity (Wildman–Crippen MR) is 126 cm³/mol. The van der Waals surface area contributed by atoms with E-state index >= 15 is 0 Å². The van der Waals surface area contributed by atoms with Crippen LogP contribution in [0.4, 0.5) is 16.3 Å². The third kappa shape index (κ3) is 5.11. The van der Waals surface area contributed by atoms with E-state index in [2.05, 4.69) is 20.9 Å². The van der Waals surface area contributed by atoms with Crippen LogP contribution in [0.1, 0.15) is 29.6 Å². The Hall–Kier alpha value is -3.14. The fourth-order valence-corrected chi connectivity index (χ4v) is 3.98. The van der Waals surface area contributed by atoms with Gasteiger partial charge in [-0.2, -0.15) is 0 Å². The molecule has 3 amide bonds. The van der Waals surface area contributed by atoms with Gasteiger partial charge in [-0.1, -0.05) is 23.2 Å². The van der Waals surface area contributed by atoms with E-state index in [4.69, 9.17) is 28.3 Å². The molecule has 33 heavy (non-hydrogen) atoms. The quantitative estimate of drug-likeness (QED) is 0.374. The number of rotatable bonds is 7. The van der Waals surface area contributed by atoms with Crippen molar-refractivity contribution in [2.24, 2.45) is 5.92 Å². The van der Waals surface area contributed by atoms with E-state index in [9.17, 15) is 14.4 Å². The second kappa shape index (κ2) is 9.78. The highest BCUT2D eigenvalue weighted by molar-refractivity contribution is 6.40. The fraction of sp³-hybridized carbons (Fsp3) is 0.273. The molecule has 0 unspecified atom stereocenters. The summed E-state index contributed by atoms with van der Waals surface area (Å²) < 4.78 is 1.38. The van der Waals surface area contributed by atoms with E-state index in [-0.39, 0.29) is 34.0 Å². The fourth-order valence-electron chi connectivity index (χ4n) is 3.33. The Labute approximate surface area is 199 Å². The molecule has 1 fully saturated rings. The molecule has 11 heteroatoms. The lowest BCUT2D eigenvalue weighted by Crippen LogP contribution is -2.30. The number of nitrogens with one attached hydrogen (secondary N) is 3. The summed E-state index contributed by atoms with van der Waals surface area (Å²) in [5, 5.41) is 17.5. The molecule has 1 saturated carbocycles. The molecule has 0 saturated heterocycles. The van der Waals surface area contributed by atoms with Crippen molar-refractivity contribution in [3.8, 4) is 0 Å². The van der Waals surface area contributed by atoms with Crippen molar-refractivity contribution in [1.82, 2.24) is 14.9 Å². The second-order valence-electron chi connectivity index (χ2n) is 7.62. The Bertz CT molecular complexity index is 1220. The van der Waals surface area contributed by atoms with Gasteiger partial charge >= 0.3 is 6.03 Å². The third-order valence-electron chi connectivity index (χ3n) is 5.16. The van der Waals surface area contributed by atoms with Crippen LogP contribution in [-0.4, -0.2) is 45.7 Å². The maximum atomic E-state index is 13.3. The average molecular weight is 490 g/mol. The molecule has 2 aromatic heterocycles. The highest BCUT2D eigenvalue weighted by atomic mass is 35.5. The van der Waals surface area contributed by atoms with Gasteiger partial charge in [-0.25, -0.2) is 9.78 Å². The summed E-state index contributed by atoms with van der Waals surface area (Å²) in [5.41, 5.74) is 0.927. The van der Waals surface area contributed by atoms with Gasteiger partial charge in [-0.3, -0.25) is 14.2 Å². The molecular formula is C22H21Cl2N5O4. The smallest absolute Gasteiger partial charge is 0.319 e. The first kappa shape index (κ1) is 23.0. The van der Waals surface area contributed by atoms with E-state index in [1.807, 2.05) is 0 Å². The Morgan fingerprint density at radius 3 is 2.52 bits per heavy atom. The van der Waals surface area contributed by atoms with Crippen molar-refractivity contribution in [2.45, 2.75) is 19.3 Å². The second-order valence-corrected chi connectivity index (χ2v) is 8.43.